The molecule has 150 valence electrons. The van der Waals surface area contributed by atoms with Gasteiger partial charge in [-0.2, -0.15) is 5.10 Å². The van der Waals surface area contributed by atoms with Crippen LogP contribution in [0, 0.1) is 6.92 Å². The predicted molar refractivity (Wildman–Crippen MR) is 113 cm³/mol. The molecule has 2 aliphatic rings. The van der Waals surface area contributed by atoms with Crippen LogP contribution in [-0.2, 0) is 0 Å². The fourth-order valence-corrected chi connectivity index (χ4v) is 4.56. The minimum atomic E-state index is 0.110. The topological polar surface area (TPSA) is 53.7 Å². The first-order valence-electron chi connectivity index (χ1n) is 10.6. The van der Waals surface area contributed by atoms with Crippen LogP contribution in [0.5, 0.6) is 0 Å². The number of carbonyl (C=O) groups is 1. The molecule has 4 heterocycles. The van der Waals surface area contributed by atoms with E-state index in [1.165, 1.54) is 18.5 Å². The third-order valence-electron chi connectivity index (χ3n) is 6.14. The molecule has 6 nitrogen and oxygen atoms in total. The standard InChI is InChI=1S/C23H27N5O/c1-17-6-4-7-18(14-17)23(29)27-13-5-8-19(15-27)22-24-21-10-9-20(16-28(21)25-22)26-11-2-3-12-26/h4,6-7,9-10,14,16,19H,2-3,5,8,11-13,15H2,1H3/t19-/m1/s1. The van der Waals surface area contributed by atoms with Gasteiger partial charge in [0.15, 0.2) is 11.5 Å². The van der Waals surface area contributed by atoms with E-state index in [-0.39, 0.29) is 11.8 Å². The number of piperidine rings is 1. The number of carbonyl (C=O) groups excluding carboxylic acids is 1. The largest absolute Gasteiger partial charge is 0.370 e. The first-order valence-corrected chi connectivity index (χ1v) is 10.6. The van der Waals surface area contributed by atoms with Gasteiger partial charge < -0.3 is 9.80 Å². The highest BCUT2D eigenvalue weighted by Gasteiger charge is 2.28. The van der Waals surface area contributed by atoms with E-state index in [2.05, 4.69) is 23.2 Å². The molecule has 0 radical (unpaired) electrons. The van der Waals surface area contributed by atoms with Gasteiger partial charge in [0.05, 0.1) is 11.9 Å². The maximum Gasteiger partial charge on any atom is 0.253 e. The van der Waals surface area contributed by atoms with Gasteiger partial charge in [-0.1, -0.05) is 17.7 Å². The zero-order valence-corrected chi connectivity index (χ0v) is 16.9. The molecule has 3 aromatic rings. The molecule has 6 heteroatoms. The monoisotopic (exact) mass is 389 g/mol. The Morgan fingerprint density at radius 1 is 1.07 bits per heavy atom. The van der Waals surface area contributed by atoms with E-state index in [1.54, 1.807) is 0 Å². The lowest BCUT2D eigenvalue weighted by Gasteiger charge is -2.31. The molecule has 0 unspecified atom stereocenters. The Bertz CT molecular complexity index is 1040. The summed E-state index contributed by atoms with van der Waals surface area (Å²) in [6, 6.07) is 12.0. The molecular weight excluding hydrogens is 362 g/mol. The summed E-state index contributed by atoms with van der Waals surface area (Å²) in [5, 5.41) is 4.79. The Kier molecular flexibility index (Phi) is 4.70. The first-order chi connectivity index (χ1) is 14.2. The van der Waals surface area contributed by atoms with Crippen molar-refractivity contribution in [1.82, 2.24) is 19.5 Å². The fraction of sp³-hybridized carbons (Fsp3) is 0.435. The highest BCUT2D eigenvalue weighted by molar-refractivity contribution is 5.94. The number of hydrogen-bond donors (Lipinski definition) is 0. The van der Waals surface area contributed by atoms with Crippen LogP contribution in [-0.4, -0.2) is 51.6 Å². The maximum atomic E-state index is 13.0. The zero-order chi connectivity index (χ0) is 19.8. The lowest BCUT2D eigenvalue weighted by atomic mass is 9.96. The molecule has 2 saturated heterocycles. The van der Waals surface area contributed by atoms with Gasteiger partial charge in [0.2, 0.25) is 0 Å². The molecule has 0 N–H and O–H groups in total. The second-order valence-corrected chi connectivity index (χ2v) is 8.31. The number of amides is 1. The number of nitrogens with zero attached hydrogens (tertiary/aromatic N) is 5. The van der Waals surface area contributed by atoms with Crippen molar-refractivity contribution in [3.63, 3.8) is 0 Å². The van der Waals surface area contributed by atoms with Crippen LogP contribution in [0.2, 0.25) is 0 Å². The number of hydrogen-bond acceptors (Lipinski definition) is 4. The second kappa shape index (κ2) is 7.50. The van der Waals surface area contributed by atoms with Crippen molar-refractivity contribution in [1.29, 1.82) is 0 Å². The fourth-order valence-electron chi connectivity index (χ4n) is 4.56. The normalized spacial score (nSPS) is 19.8. The van der Waals surface area contributed by atoms with Crippen molar-refractivity contribution in [3.8, 4) is 0 Å². The van der Waals surface area contributed by atoms with Crippen molar-refractivity contribution in [2.24, 2.45) is 0 Å². The molecule has 5 rings (SSSR count). The van der Waals surface area contributed by atoms with Crippen molar-refractivity contribution in [3.05, 3.63) is 59.5 Å². The summed E-state index contributed by atoms with van der Waals surface area (Å²) in [5.41, 5.74) is 3.97. The van der Waals surface area contributed by atoms with Crippen LogP contribution in [0.3, 0.4) is 0 Å². The summed E-state index contributed by atoms with van der Waals surface area (Å²) in [5.74, 6) is 1.15. The highest BCUT2D eigenvalue weighted by atomic mass is 16.2. The SMILES string of the molecule is Cc1cccc(C(=O)N2CCC[C@@H](c3nc4ccc(N5CCCC5)cn4n3)C2)c1. The van der Waals surface area contributed by atoms with Gasteiger partial charge in [0.25, 0.3) is 5.91 Å². The molecule has 2 aromatic heterocycles. The number of pyridine rings is 1. The Morgan fingerprint density at radius 2 is 1.93 bits per heavy atom. The van der Waals surface area contributed by atoms with Gasteiger partial charge in [-0.25, -0.2) is 9.50 Å². The molecule has 2 fully saturated rings. The molecule has 0 spiro atoms. The Labute approximate surface area is 171 Å². The van der Waals surface area contributed by atoms with Crippen LogP contribution < -0.4 is 4.90 Å². The summed E-state index contributed by atoms with van der Waals surface area (Å²) in [7, 11) is 0. The summed E-state index contributed by atoms with van der Waals surface area (Å²) in [6.45, 7) is 5.74. The smallest absolute Gasteiger partial charge is 0.253 e. The Morgan fingerprint density at radius 3 is 2.76 bits per heavy atom. The molecule has 1 amide bonds. The number of likely N-dealkylation sites (tertiary alicyclic amines) is 1. The van der Waals surface area contributed by atoms with E-state index in [4.69, 9.17) is 10.1 Å². The van der Waals surface area contributed by atoms with Crippen molar-refractivity contribution < 1.29 is 4.79 Å². The summed E-state index contributed by atoms with van der Waals surface area (Å²) < 4.78 is 1.91. The van der Waals surface area contributed by atoms with E-state index in [0.29, 0.717) is 6.54 Å². The molecule has 0 saturated carbocycles. The lowest BCUT2D eigenvalue weighted by Crippen LogP contribution is -2.39. The van der Waals surface area contributed by atoms with Gasteiger partial charge in [-0.3, -0.25) is 4.79 Å². The average molecular weight is 390 g/mol. The van der Waals surface area contributed by atoms with E-state index in [1.807, 2.05) is 40.6 Å². The highest BCUT2D eigenvalue weighted by Crippen LogP contribution is 2.27. The van der Waals surface area contributed by atoms with Gasteiger partial charge in [-0.05, 0) is 56.9 Å². The first kappa shape index (κ1) is 18.2. The molecule has 0 bridgehead atoms. The lowest BCUT2D eigenvalue weighted by molar-refractivity contribution is 0.0704. The van der Waals surface area contributed by atoms with Crippen LogP contribution >= 0.6 is 0 Å². The van der Waals surface area contributed by atoms with Gasteiger partial charge >= 0.3 is 0 Å². The van der Waals surface area contributed by atoms with Gasteiger partial charge in [0.1, 0.15) is 0 Å². The third kappa shape index (κ3) is 3.59. The van der Waals surface area contributed by atoms with E-state index in [9.17, 15) is 4.79 Å². The minimum Gasteiger partial charge on any atom is -0.370 e. The number of fused-ring (bicyclic) bond motifs is 1. The van der Waals surface area contributed by atoms with E-state index < -0.39 is 0 Å². The van der Waals surface area contributed by atoms with Gasteiger partial charge in [0, 0.05) is 37.7 Å². The van der Waals surface area contributed by atoms with Crippen molar-refractivity contribution in [2.75, 3.05) is 31.1 Å². The van der Waals surface area contributed by atoms with Crippen LogP contribution in [0.25, 0.3) is 5.65 Å². The molecule has 2 aliphatic heterocycles. The second-order valence-electron chi connectivity index (χ2n) is 8.31. The molecule has 0 aliphatic carbocycles. The zero-order valence-electron chi connectivity index (χ0n) is 16.9. The van der Waals surface area contributed by atoms with E-state index >= 15 is 0 Å². The molecule has 29 heavy (non-hydrogen) atoms. The third-order valence-corrected chi connectivity index (χ3v) is 6.14. The van der Waals surface area contributed by atoms with Crippen LogP contribution in [0.1, 0.15) is 53.3 Å². The van der Waals surface area contributed by atoms with Crippen molar-refractivity contribution >= 4 is 17.2 Å². The van der Waals surface area contributed by atoms with Gasteiger partial charge in [-0.15, -0.1) is 0 Å². The Balaban J connectivity index is 1.36. The Hall–Kier alpha value is -2.89. The minimum absolute atomic E-state index is 0.110. The quantitative estimate of drug-likeness (QED) is 0.686. The molecular formula is C23H27N5O. The number of benzene rings is 1. The number of rotatable bonds is 3. The summed E-state index contributed by atoms with van der Waals surface area (Å²) in [4.78, 5) is 22.1. The van der Waals surface area contributed by atoms with Crippen LogP contribution in [0.15, 0.2) is 42.6 Å². The molecule has 1 aromatic carbocycles. The van der Waals surface area contributed by atoms with E-state index in [0.717, 1.165) is 55.1 Å². The number of anilines is 1. The predicted octanol–water partition coefficient (Wildman–Crippen LogP) is 3.66. The number of aryl methyl sites for hydroxylation is 1. The van der Waals surface area contributed by atoms with Crippen molar-refractivity contribution in [2.45, 2.75) is 38.5 Å². The summed E-state index contributed by atoms with van der Waals surface area (Å²) in [6.07, 6.45) is 6.61. The van der Waals surface area contributed by atoms with Crippen LogP contribution in [0.4, 0.5) is 5.69 Å². The summed E-state index contributed by atoms with van der Waals surface area (Å²) >= 11 is 0. The number of aromatic nitrogens is 3. The maximum absolute atomic E-state index is 13.0. The average Bonchev–Trinajstić information content (AvgIpc) is 3.42. The molecule has 1 atom stereocenters.